The Bertz CT molecular complexity index is 444. The molecule has 0 saturated heterocycles. The minimum atomic E-state index is -0.852. The predicted molar refractivity (Wildman–Crippen MR) is 80.5 cm³/mol. The van der Waals surface area contributed by atoms with E-state index >= 15 is 0 Å². The van der Waals surface area contributed by atoms with Crippen molar-refractivity contribution in [3.05, 3.63) is 12.2 Å². The Morgan fingerprint density at radius 1 is 1.43 bits per heavy atom. The number of hydrogen-bond donors (Lipinski definition) is 4. The molecule has 1 amide bonds. The van der Waals surface area contributed by atoms with Crippen molar-refractivity contribution < 1.29 is 14.7 Å². The summed E-state index contributed by atoms with van der Waals surface area (Å²) in [4.78, 5) is 26.7. The summed E-state index contributed by atoms with van der Waals surface area (Å²) in [6.07, 6.45) is 5.49. The number of nitrogens with one attached hydrogen (secondary N) is 1. The Balaban J connectivity index is 2.99. The average Bonchev–Trinajstić information content (AvgIpc) is 2.77. The lowest BCUT2D eigenvalue weighted by Crippen LogP contribution is -2.41. The summed E-state index contributed by atoms with van der Waals surface area (Å²) >= 11 is 0. The topological polar surface area (TPSA) is 131 Å². The molecule has 1 aliphatic rings. The number of aliphatic imine (C=N–C) groups is 1. The minimum Gasteiger partial charge on any atom is -0.481 e. The smallest absolute Gasteiger partial charge is 0.306 e. The van der Waals surface area contributed by atoms with Gasteiger partial charge >= 0.3 is 5.97 Å². The molecule has 118 valence electrons. The molecule has 0 aromatic rings. The molecule has 0 aromatic heterocycles. The minimum absolute atomic E-state index is 0.0583. The number of allylic oxidation sites excluding steroid dienone is 1. The Kier molecular flexibility index (Phi) is 6.20. The normalized spacial score (nSPS) is 26.5. The quantitative estimate of drug-likeness (QED) is 0.316. The summed E-state index contributed by atoms with van der Waals surface area (Å²) < 4.78 is 0. The molecule has 21 heavy (non-hydrogen) atoms. The van der Waals surface area contributed by atoms with E-state index in [-0.39, 0.29) is 29.9 Å². The van der Waals surface area contributed by atoms with Gasteiger partial charge in [0.15, 0.2) is 5.96 Å². The van der Waals surface area contributed by atoms with Crippen molar-refractivity contribution in [3.8, 4) is 0 Å². The third-order valence-corrected chi connectivity index (χ3v) is 3.65. The molecule has 7 nitrogen and oxygen atoms in total. The van der Waals surface area contributed by atoms with E-state index in [9.17, 15) is 14.7 Å². The number of carbonyl (C=O) groups is 2. The summed E-state index contributed by atoms with van der Waals surface area (Å²) in [6.45, 7) is 3.43. The number of carbonyl (C=O) groups excluding carboxylic acids is 1. The number of nitrogens with zero attached hydrogens (tertiary/aromatic N) is 1. The van der Waals surface area contributed by atoms with Crippen molar-refractivity contribution in [1.29, 1.82) is 0 Å². The first-order valence-electron chi connectivity index (χ1n) is 7.10. The van der Waals surface area contributed by atoms with Crippen LogP contribution in [0.5, 0.6) is 0 Å². The van der Waals surface area contributed by atoms with E-state index in [1.54, 1.807) is 0 Å². The van der Waals surface area contributed by atoms with Crippen LogP contribution in [0.25, 0.3) is 0 Å². The molecule has 4 unspecified atom stereocenters. The number of aliphatic carboxylic acids is 1. The standard InChI is InChI=1S/C14H24N4O3/c1-3-4-5-11(17-8(2)19)10-6-9(13(20)21)7-12(10)18-14(15)16/h4-5,9-12H,3,6-7H2,1-2H3,(H,17,19)(H,20,21)(H4,15,16,18). The van der Waals surface area contributed by atoms with Gasteiger partial charge in [-0.05, 0) is 19.3 Å². The van der Waals surface area contributed by atoms with Crippen LogP contribution in [0.15, 0.2) is 17.1 Å². The van der Waals surface area contributed by atoms with Crippen molar-refractivity contribution in [2.24, 2.45) is 28.3 Å². The van der Waals surface area contributed by atoms with E-state index in [2.05, 4.69) is 10.3 Å². The fourth-order valence-electron chi connectivity index (χ4n) is 2.79. The first-order valence-corrected chi connectivity index (χ1v) is 7.10. The highest BCUT2D eigenvalue weighted by Gasteiger charge is 2.41. The largest absolute Gasteiger partial charge is 0.481 e. The number of amides is 1. The second kappa shape index (κ2) is 7.66. The van der Waals surface area contributed by atoms with Crippen molar-refractivity contribution >= 4 is 17.8 Å². The Hall–Kier alpha value is -2.05. The van der Waals surface area contributed by atoms with Crippen LogP contribution in [-0.2, 0) is 9.59 Å². The van der Waals surface area contributed by atoms with E-state index in [0.29, 0.717) is 12.8 Å². The van der Waals surface area contributed by atoms with Gasteiger partial charge in [-0.25, -0.2) is 4.99 Å². The van der Waals surface area contributed by atoms with Gasteiger partial charge in [-0.3, -0.25) is 9.59 Å². The van der Waals surface area contributed by atoms with Crippen molar-refractivity contribution in [3.63, 3.8) is 0 Å². The monoisotopic (exact) mass is 296 g/mol. The highest BCUT2D eigenvalue weighted by molar-refractivity contribution is 5.76. The molecule has 6 N–H and O–H groups in total. The molecule has 0 radical (unpaired) electrons. The Labute approximate surface area is 124 Å². The molecule has 0 heterocycles. The molecule has 1 fully saturated rings. The van der Waals surface area contributed by atoms with Crippen LogP contribution in [0.3, 0.4) is 0 Å². The highest BCUT2D eigenvalue weighted by Crippen LogP contribution is 2.36. The molecule has 0 spiro atoms. The molecule has 1 rings (SSSR count). The van der Waals surface area contributed by atoms with Crippen LogP contribution >= 0.6 is 0 Å². The van der Waals surface area contributed by atoms with Crippen molar-refractivity contribution in [1.82, 2.24) is 5.32 Å². The Morgan fingerprint density at radius 3 is 2.57 bits per heavy atom. The van der Waals surface area contributed by atoms with Gasteiger partial charge < -0.3 is 21.9 Å². The van der Waals surface area contributed by atoms with Crippen LogP contribution in [0, 0.1) is 11.8 Å². The SMILES string of the molecule is CCC=CC(NC(C)=O)C1CC(C(=O)O)CC1N=C(N)N. The molecular weight excluding hydrogens is 272 g/mol. The molecular formula is C14H24N4O3. The third kappa shape index (κ3) is 5.09. The van der Waals surface area contributed by atoms with E-state index in [4.69, 9.17) is 11.5 Å². The van der Waals surface area contributed by atoms with Gasteiger partial charge in [-0.2, -0.15) is 0 Å². The molecule has 0 aliphatic heterocycles. The van der Waals surface area contributed by atoms with Gasteiger partial charge in [-0.1, -0.05) is 19.1 Å². The van der Waals surface area contributed by atoms with Gasteiger partial charge in [0, 0.05) is 12.8 Å². The number of carboxylic acid groups (broad SMARTS) is 1. The van der Waals surface area contributed by atoms with Crippen LogP contribution in [0.2, 0.25) is 0 Å². The van der Waals surface area contributed by atoms with Crippen molar-refractivity contribution in [2.45, 2.75) is 45.2 Å². The van der Waals surface area contributed by atoms with Crippen LogP contribution in [0.4, 0.5) is 0 Å². The highest BCUT2D eigenvalue weighted by atomic mass is 16.4. The number of carboxylic acids is 1. The summed E-state index contributed by atoms with van der Waals surface area (Å²) in [7, 11) is 0. The third-order valence-electron chi connectivity index (χ3n) is 3.65. The molecule has 7 heteroatoms. The average molecular weight is 296 g/mol. The first-order chi connectivity index (χ1) is 9.85. The summed E-state index contributed by atoms with van der Waals surface area (Å²) in [6, 6.07) is -0.561. The number of nitrogens with two attached hydrogens (primary N) is 2. The van der Waals surface area contributed by atoms with E-state index < -0.39 is 11.9 Å². The Morgan fingerprint density at radius 2 is 2.10 bits per heavy atom. The van der Waals surface area contributed by atoms with Gasteiger partial charge in [0.1, 0.15) is 0 Å². The maximum atomic E-state index is 11.4. The predicted octanol–water partition coefficient (Wildman–Crippen LogP) is 0.210. The maximum absolute atomic E-state index is 11.4. The maximum Gasteiger partial charge on any atom is 0.306 e. The van der Waals surface area contributed by atoms with E-state index in [1.807, 2.05) is 19.1 Å². The molecule has 1 aliphatic carbocycles. The number of guanidine groups is 1. The summed E-state index contributed by atoms with van der Waals surface area (Å²) in [5.74, 6) is -1.69. The molecule has 1 saturated carbocycles. The molecule has 0 aromatic carbocycles. The van der Waals surface area contributed by atoms with Crippen LogP contribution in [0.1, 0.15) is 33.1 Å². The zero-order valence-corrected chi connectivity index (χ0v) is 12.5. The number of hydrogen-bond acceptors (Lipinski definition) is 3. The lowest BCUT2D eigenvalue weighted by Gasteiger charge is -2.25. The molecule has 0 bridgehead atoms. The van der Waals surface area contributed by atoms with E-state index in [1.165, 1.54) is 6.92 Å². The zero-order valence-electron chi connectivity index (χ0n) is 12.5. The van der Waals surface area contributed by atoms with Gasteiger partial charge in [0.25, 0.3) is 0 Å². The lowest BCUT2D eigenvalue weighted by atomic mass is 9.93. The second-order valence-corrected chi connectivity index (χ2v) is 5.35. The lowest BCUT2D eigenvalue weighted by molar-refractivity contribution is -0.141. The first kappa shape index (κ1) is 17.0. The van der Waals surface area contributed by atoms with Crippen molar-refractivity contribution in [2.75, 3.05) is 0 Å². The fourth-order valence-corrected chi connectivity index (χ4v) is 2.79. The summed E-state index contributed by atoms with van der Waals surface area (Å²) in [5, 5.41) is 12.1. The van der Waals surface area contributed by atoms with Gasteiger partial charge in [-0.15, -0.1) is 0 Å². The summed E-state index contributed by atoms with van der Waals surface area (Å²) in [5.41, 5.74) is 10.9. The molecule has 4 atom stereocenters. The van der Waals surface area contributed by atoms with Crippen LogP contribution in [-0.4, -0.2) is 35.0 Å². The fraction of sp³-hybridized carbons (Fsp3) is 0.643. The number of rotatable bonds is 6. The van der Waals surface area contributed by atoms with Gasteiger partial charge in [0.2, 0.25) is 5.91 Å². The van der Waals surface area contributed by atoms with E-state index in [0.717, 1.165) is 6.42 Å². The second-order valence-electron chi connectivity index (χ2n) is 5.35. The van der Waals surface area contributed by atoms with Crippen LogP contribution < -0.4 is 16.8 Å². The van der Waals surface area contributed by atoms with Gasteiger partial charge in [0.05, 0.1) is 18.0 Å². The zero-order chi connectivity index (χ0) is 16.0.